The summed E-state index contributed by atoms with van der Waals surface area (Å²) in [7, 11) is 0. The number of aliphatic hydroxyl groups excluding tert-OH is 2. The molecule has 3 N–H and O–H groups in total. The summed E-state index contributed by atoms with van der Waals surface area (Å²) in [5.41, 5.74) is 1.24. The molecule has 0 aliphatic carbocycles. The summed E-state index contributed by atoms with van der Waals surface area (Å²) in [5, 5.41) is 20.2. The number of anilines is 2. The molecule has 0 saturated heterocycles. The van der Waals surface area contributed by atoms with E-state index < -0.39 is 12.5 Å². The number of carbonyl (C=O) groups excluding carboxylic acids is 2. The van der Waals surface area contributed by atoms with E-state index in [-0.39, 0.29) is 18.4 Å². The number of carbonyl (C=O) groups is 2. The molecule has 1 rings (SSSR count). The van der Waals surface area contributed by atoms with E-state index >= 15 is 0 Å². The first-order chi connectivity index (χ1) is 9.47. The summed E-state index contributed by atoms with van der Waals surface area (Å²) >= 11 is 0. The maximum Gasteiger partial charge on any atom is 0.250 e. The van der Waals surface area contributed by atoms with Crippen molar-refractivity contribution in [3.05, 3.63) is 24.3 Å². The standard InChI is InChI=1S/C14H20N2O4/c1-10(8-17)7-16(11(2)19)13-5-3-12(4-6-13)15-14(20)9-18/h3-6,10,17-18H,7-9H2,1-2H3,(H,15,20)/t10-/m1/s1. The molecule has 0 radical (unpaired) electrons. The Balaban J connectivity index is 2.82. The number of hydrogen-bond acceptors (Lipinski definition) is 4. The molecular weight excluding hydrogens is 260 g/mol. The monoisotopic (exact) mass is 280 g/mol. The molecule has 6 heteroatoms. The molecule has 0 aromatic heterocycles. The van der Waals surface area contributed by atoms with Crippen LogP contribution >= 0.6 is 0 Å². The summed E-state index contributed by atoms with van der Waals surface area (Å²) in [6, 6.07) is 6.72. The number of hydrogen-bond donors (Lipinski definition) is 3. The van der Waals surface area contributed by atoms with Crippen LogP contribution in [0.1, 0.15) is 13.8 Å². The van der Waals surface area contributed by atoms with Crippen LogP contribution in [0.3, 0.4) is 0 Å². The molecule has 1 atom stereocenters. The zero-order valence-corrected chi connectivity index (χ0v) is 11.7. The van der Waals surface area contributed by atoms with Gasteiger partial charge in [0.25, 0.3) is 0 Å². The number of rotatable bonds is 6. The highest BCUT2D eigenvalue weighted by Crippen LogP contribution is 2.19. The maximum absolute atomic E-state index is 11.6. The van der Waals surface area contributed by atoms with Gasteiger partial charge in [-0.05, 0) is 30.2 Å². The molecule has 0 fully saturated rings. The van der Waals surface area contributed by atoms with E-state index in [9.17, 15) is 9.59 Å². The fraction of sp³-hybridized carbons (Fsp3) is 0.429. The van der Waals surface area contributed by atoms with E-state index in [0.29, 0.717) is 17.9 Å². The Morgan fingerprint density at radius 1 is 1.25 bits per heavy atom. The summed E-state index contributed by atoms with van der Waals surface area (Å²) < 4.78 is 0. The minimum Gasteiger partial charge on any atom is -0.396 e. The third-order valence-electron chi connectivity index (χ3n) is 2.79. The Morgan fingerprint density at radius 2 is 1.85 bits per heavy atom. The van der Waals surface area contributed by atoms with Crippen LogP contribution in [0.5, 0.6) is 0 Å². The van der Waals surface area contributed by atoms with Crippen LogP contribution in [0.15, 0.2) is 24.3 Å². The predicted octanol–water partition coefficient (Wildman–Crippen LogP) is 0.599. The second kappa shape index (κ2) is 7.62. The van der Waals surface area contributed by atoms with Gasteiger partial charge in [0, 0.05) is 31.5 Å². The average molecular weight is 280 g/mol. The molecule has 0 aliphatic heterocycles. The van der Waals surface area contributed by atoms with Gasteiger partial charge < -0.3 is 20.4 Å². The van der Waals surface area contributed by atoms with Crippen LogP contribution < -0.4 is 10.2 Å². The second-order valence-corrected chi connectivity index (χ2v) is 4.67. The van der Waals surface area contributed by atoms with Crippen molar-refractivity contribution in [1.29, 1.82) is 0 Å². The third-order valence-corrected chi connectivity index (χ3v) is 2.79. The summed E-state index contributed by atoms with van der Waals surface area (Å²) in [6.07, 6.45) is 0. The molecule has 1 aromatic carbocycles. The molecule has 6 nitrogen and oxygen atoms in total. The summed E-state index contributed by atoms with van der Waals surface area (Å²) in [4.78, 5) is 24.3. The molecule has 0 saturated carbocycles. The quantitative estimate of drug-likeness (QED) is 0.711. The van der Waals surface area contributed by atoms with E-state index in [1.807, 2.05) is 6.92 Å². The normalized spacial score (nSPS) is 11.8. The molecule has 0 heterocycles. The molecule has 2 amide bonds. The van der Waals surface area contributed by atoms with Crippen molar-refractivity contribution in [2.45, 2.75) is 13.8 Å². The van der Waals surface area contributed by atoms with Crippen molar-refractivity contribution in [1.82, 2.24) is 0 Å². The fourth-order valence-electron chi connectivity index (χ4n) is 1.71. The van der Waals surface area contributed by atoms with Crippen molar-refractivity contribution in [2.24, 2.45) is 5.92 Å². The Morgan fingerprint density at radius 3 is 2.30 bits per heavy atom. The minimum absolute atomic E-state index is 0.00835. The molecule has 20 heavy (non-hydrogen) atoms. The number of nitrogens with one attached hydrogen (secondary N) is 1. The minimum atomic E-state index is -0.574. The van der Waals surface area contributed by atoms with Crippen LogP contribution in [0.25, 0.3) is 0 Å². The molecule has 0 bridgehead atoms. The first kappa shape index (κ1) is 16.1. The van der Waals surface area contributed by atoms with Crippen LogP contribution in [0.4, 0.5) is 11.4 Å². The van der Waals surface area contributed by atoms with Crippen LogP contribution in [-0.4, -0.2) is 41.8 Å². The van der Waals surface area contributed by atoms with Gasteiger partial charge in [0.15, 0.2) is 0 Å². The predicted molar refractivity (Wildman–Crippen MR) is 76.4 cm³/mol. The van der Waals surface area contributed by atoms with Gasteiger partial charge in [-0.25, -0.2) is 0 Å². The number of nitrogens with zero attached hydrogens (tertiary/aromatic N) is 1. The lowest BCUT2D eigenvalue weighted by atomic mass is 10.1. The zero-order chi connectivity index (χ0) is 15.1. The van der Waals surface area contributed by atoms with Crippen LogP contribution in [-0.2, 0) is 9.59 Å². The first-order valence-corrected chi connectivity index (χ1v) is 6.37. The number of aliphatic hydroxyl groups is 2. The zero-order valence-electron chi connectivity index (χ0n) is 11.7. The highest BCUT2D eigenvalue weighted by Gasteiger charge is 2.14. The van der Waals surface area contributed by atoms with E-state index in [0.717, 1.165) is 0 Å². The van der Waals surface area contributed by atoms with Gasteiger partial charge in [-0.2, -0.15) is 0 Å². The van der Waals surface area contributed by atoms with Gasteiger partial charge in [-0.15, -0.1) is 0 Å². The topological polar surface area (TPSA) is 89.9 Å². The van der Waals surface area contributed by atoms with E-state index in [1.165, 1.54) is 6.92 Å². The molecule has 0 spiro atoms. The molecule has 0 aliphatic rings. The largest absolute Gasteiger partial charge is 0.396 e. The van der Waals surface area contributed by atoms with Gasteiger partial charge in [0.05, 0.1) is 0 Å². The van der Waals surface area contributed by atoms with Gasteiger partial charge in [-0.1, -0.05) is 6.92 Å². The number of amides is 2. The molecule has 0 unspecified atom stereocenters. The Hall–Kier alpha value is -1.92. The van der Waals surface area contributed by atoms with Gasteiger partial charge >= 0.3 is 0 Å². The molecule has 1 aromatic rings. The Bertz CT molecular complexity index is 459. The summed E-state index contributed by atoms with van der Waals surface area (Å²) in [5.74, 6) is -0.625. The van der Waals surface area contributed by atoms with Crippen LogP contribution in [0, 0.1) is 5.92 Å². The lowest BCUT2D eigenvalue weighted by Gasteiger charge is -2.24. The smallest absolute Gasteiger partial charge is 0.250 e. The van der Waals surface area contributed by atoms with Gasteiger partial charge in [0.2, 0.25) is 11.8 Å². The summed E-state index contributed by atoms with van der Waals surface area (Å²) in [6.45, 7) is 3.18. The molecular formula is C14H20N2O4. The van der Waals surface area contributed by atoms with Crippen LogP contribution in [0.2, 0.25) is 0 Å². The van der Waals surface area contributed by atoms with Crippen molar-refractivity contribution < 1.29 is 19.8 Å². The number of benzene rings is 1. The van der Waals surface area contributed by atoms with Gasteiger partial charge in [0.1, 0.15) is 6.61 Å². The fourth-order valence-corrected chi connectivity index (χ4v) is 1.71. The van der Waals surface area contributed by atoms with E-state index in [4.69, 9.17) is 10.2 Å². The Kier molecular flexibility index (Phi) is 6.14. The highest BCUT2D eigenvalue weighted by atomic mass is 16.3. The lowest BCUT2D eigenvalue weighted by Crippen LogP contribution is -2.33. The highest BCUT2D eigenvalue weighted by molar-refractivity contribution is 5.93. The average Bonchev–Trinajstić information content (AvgIpc) is 2.45. The van der Waals surface area contributed by atoms with Gasteiger partial charge in [-0.3, -0.25) is 9.59 Å². The third kappa shape index (κ3) is 4.64. The van der Waals surface area contributed by atoms with Crippen molar-refractivity contribution in [2.75, 3.05) is 30.0 Å². The SMILES string of the molecule is CC(=O)N(C[C@@H](C)CO)c1ccc(NC(=O)CO)cc1. The van der Waals surface area contributed by atoms with Crippen molar-refractivity contribution in [3.63, 3.8) is 0 Å². The molecule has 110 valence electrons. The van der Waals surface area contributed by atoms with E-state index in [1.54, 1.807) is 29.2 Å². The van der Waals surface area contributed by atoms with E-state index in [2.05, 4.69) is 5.32 Å². The second-order valence-electron chi connectivity index (χ2n) is 4.67. The lowest BCUT2D eigenvalue weighted by molar-refractivity contribution is -0.119. The van der Waals surface area contributed by atoms with Crippen molar-refractivity contribution >= 4 is 23.2 Å². The first-order valence-electron chi connectivity index (χ1n) is 6.37. The van der Waals surface area contributed by atoms with Crippen molar-refractivity contribution in [3.8, 4) is 0 Å². The maximum atomic E-state index is 11.6. The Labute approximate surface area is 118 Å².